The van der Waals surface area contributed by atoms with E-state index in [2.05, 4.69) is 11.9 Å². The molecule has 0 saturated heterocycles. The molecule has 0 aliphatic rings. The summed E-state index contributed by atoms with van der Waals surface area (Å²) in [6.07, 6.45) is 2.16. The van der Waals surface area contributed by atoms with Gasteiger partial charge in [-0.1, -0.05) is 31.5 Å². The van der Waals surface area contributed by atoms with E-state index in [9.17, 15) is 9.90 Å². The number of anilines is 1. The number of benzene rings is 1. The average Bonchev–Trinajstić information content (AvgIpc) is 2.43. The lowest BCUT2D eigenvalue weighted by Gasteiger charge is -2.19. The summed E-state index contributed by atoms with van der Waals surface area (Å²) in [4.78, 5) is 17.9. The molecule has 1 aromatic heterocycles. The van der Waals surface area contributed by atoms with Crippen molar-refractivity contribution in [3.63, 3.8) is 0 Å². The first-order valence-corrected chi connectivity index (χ1v) is 6.47. The van der Waals surface area contributed by atoms with Gasteiger partial charge in [-0.3, -0.25) is 0 Å². The number of para-hydroxylation sites is 1. The Morgan fingerprint density at radius 1 is 1.37 bits per heavy atom. The van der Waals surface area contributed by atoms with Crippen LogP contribution in [0.5, 0.6) is 0 Å². The number of fused-ring (bicyclic) bond motifs is 1. The highest BCUT2D eigenvalue weighted by molar-refractivity contribution is 6.03. The summed E-state index contributed by atoms with van der Waals surface area (Å²) in [5.74, 6) is -0.201. The minimum atomic E-state index is -0.913. The predicted octanol–water partition coefficient (Wildman–Crippen LogP) is 3.17. The Morgan fingerprint density at radius 3 is 2.79 bits per heavy atom. The molecule has 19 heavy (non-hydrogen) atoms. The molecular formula is C15H18N2O2. The molecule has 100 valence electrons. The van der Waals surface area contributed by atoms with Crippen molar-refractivity contribution in [1.82, 2.24) is 4.98 Å². The molecule has 0 radical (unpaired) electrons. The fourth-order valence-corrected chi connectivity index (χ4v) is 2.04. The standard InChI is InChI=1S/C15H18N2O2/c1-3-4-9-17(2)14-10-12(15(18)19)11-7-5-6-8-13(11)16-14/h5-8,10H,3-4,9H2,1-2H3,(H,18,19). The summed E-state index contributed by atoms with van der Waals surface area (Å²) in [6.45, 7) is 3.01. The average molecular weight is 258 g/mol. The van der Waals surface area contributed by atoms with Crippen molar-refractivity contribution in [2.75, 3.05) is 18.5 Å². The van der Waals surface area contributed by atoms with E-state index < -0.39 is 5.97 Å². The van der Waals surface area contributed by atoms with E-state index in [0.29, 0.717) is 16.8 Å². The molecule has 0 bridgehead atoms. The van der Waals surface area contributed by atoms with Gasteiger partial charge >= 0.3 is 5.97 Å². The third kappa shape index (κ3) is 2.84. The van der Waals surface area contributed by atoms with Gasteiger partial charge in [0, 0.05) is 19.0 Å². The molecule has 4 heteroatoms. The van der Waals surface area contributed by atoms with Gasteiger partial charge in [0.1, 0.15) is 5.82 Å². The second-order valence-corrected chi connectivity index (χ2v) is 4.63. The van der Waals surface area contributed by atoms with Crippen molar-refractivity contribution in [1.29, 1.82) is 0 Å². The number of pyridine rings is 1. The van der Waals surface area contributed by atoms with Crippen LogP contribution in [0.1, 0.15) is 30.1 Å². The SMILES string of the molecule is CCCCN(C)c1cc(C(=O)O)c2ccccc2n1. The van der Waals surface area contributed by atoms with Gasteiger partial charge in [-0.15, -0.1) is 0 Å². The number of carbonyl (C=O) groups is 1. The topological polar surface area (TPSA) is 53.4 Å². The molecule has 0 spiro atoms. The lowest BCUT2D eigenvalue weighted by Crippen LogP contribution is -2.20. The van der Waals surface area contributed by atoms with E-state index in [0.717, 1.165) is 24.9 Å². The fourth-order valence-electron chi connectivity index (χ4n) is 2.04. The van der Waals surface area contributed by atoms with E-state index >= 15 is 0 Å². The first-order valence-electron chi connectivity index (χ1n) is 6.47. The Morgan fingerprint density at radius 2 is 2.11 bits per heavy atom. The quantitative estimate of drug-likeness (QED) is 0.895. The zero-order chi connectivity index (χ0) is 13.8. The number of hydrogen-bond donors (Lipinski definition) is 1. The highest BCUT2D eigenvalue weighted by Gasteiger charge is 2.13. The molecule has 1 heterocycles. The first kappa shape index (κ1) is 13.3. The number of hydrogen-bond acceptors (Lipinski definition) is 3. The highest BCUT2D eigenvalue weighted by Crippen LogP contribution is 2.22. The van der Waals surface area contributed by atoms with Crippen LogP contribution in [0.25, 0.3) is 10.9 Å². The summed E-state index contributed by atoms with van der Waals surface area (Å²) >= 11 is 0. The molecule has 0 fully saturated rings. The summed E-state index contributed by atoms with van der Waals surface area (Å²) in [5.41, 5.74) is 1.03. The van der Waals surface area contributed by atoms with Crippen LogP contribution in [0.2, 0.25) is 0 Å². The van der Waals surface area contributed by atoms with E-state index in [1.807, 2.05) is 30.1 Å². The van der Waals surface area contributed by atoms with Gasteiger partial charge in [-0.2, -0.15) is 0 Å². The summed E-state index contributed by atoms with van der Waals surface area (Å²) in [7, 11) is 1.94. The highest BCUT2D eigenvalue weighted by atomic mass is 16.4. The Bertz CT molecular complexity index is 596. The maximum atomic E-state index is 11.4. The smallest absolute Gasteiger partial charge is 0.336 e. The third-order valence-corrected chi connectivity index (χ3v) is 3.17. The number of aromatic nitrogens is 1. The van der Waals surface area contributed by atoms with Gasteiger partial charge in [0.2, 0.25) is 0 Å². The molecule has 0 unspecified atom stereocenters. The molecule has 0 aliphatic carbocycles. The van der Waals surface area contributed by atoms with Crippen molar-refractivity contribution >= 4 is 22.7 Å². The van der Waals surface area contributed by atoms with Crippen molar-refractivity contribution in [2.45, 2.75) is 19.8 Å². The van der Waals surface area contributed by atoms with Crippen molar-refractivity contribution in [3.8, 4) is 0 Å². The number of unbranched alkanes of at least 4 members (excludes halogenated alkanes) is 1. The first-order chi connectivity index (χ1) is 9.13. The molecule has 0 saturated carbocycles. The van der Waals surface area contributed by atoms with E-state index in [-0.39, 0.29) is 0 Å². The normalized spacial score (nSPS) is 10.6. The minimum absolute atomic E-state index is 0.309. The van der Waals surface area contributed by atoms with Crippen molar-refractivity contribution < 1.29 is 9.90 Å². The lowest BCUT2D eigenvalue weighted by atomic mass is 10.1. The van der Waals surface area contributed by atoms with Crippen LogP contribution in [0.4, 0.5) is 5.82 Å². The molecule has 4 nitrogen and oxygen atoms in total. The van der Waals surface area contributed by atoms with Gasteiger partial charge < -0.3 is 10.0 Å². The van der Waals surface area contributed by atoms with Crippen LogP contribution in [0.15, 0.2) is 30.3 Å². The second-order valence-electron chi connectivity index (χ2n) is 4.63. The van der Waals surface area contributed by atoms with Gasteiger partial charge in [0.05, 0.1) is 11.1 Å². The van der Waals surface area contributed by atoms with Crippen LogP contribution in [-0.2, 0) is 0 Å². The maximum Gasteiger partial charge on any atom is 0.336 e. The number of carboxylic acid groups (broad SMARTS) is 1. The number of nitrogens with zero attached hydrogens (tertiary/aromatic N) is 2. The molecule has 1 N–H and O–H groups in total. The molecule has 0 aliphatic heterocycles. The van der Waals surface area contributed by atoms with Gasteiger partial charge in [0.15, 0.2) is 0 Å². The lowest BCUT2D eigenvalue weighted by molar-refractivity contribution is 0.0699. The van der Waals surface area contributed by atoms with Gasteiger partial charge in [0.25, 0.3) is 0 Å². The fraction of sp³-hybridized carbons (Fsp3) is 0.333. The van der Waals surface area contributed by atoms with Gasteiger partial charge in [-0.05, 0) is 18.6 Å². The molecule has 0 amide bonds. The molecule has 2 aromatic rings. The van der Waals surface area contributed by atoms with Crippen LogP contribution >= 0.6 is 0 Å². The van der Waals surface area contributed by atoms with Crippen LogP contribution in [-0.4, -0.2) is 29.7 Å². The van der Waals surface area contributed by atoms with E-state index in [4.69, 9.17) is 0 Å². The molecular weight excluding hydrogens is 240 g/mol. The van der Waals surface area contributed by atoms with E-state index in [1.165, 1.54) is 0 Å². The summed E-state index contributed by atoms with van der Waals surface area (Å²) in [6, 6.07) is 8.99. The van der Waals surface area contributed by atoms with Crippen molar-refractivity contribution in [2.24, 2.45) is 0 Å². The minimum Gasteiger partial charge on any atom is -0.478 e. The third-order valence-electron chi connectivity index (χ3n) is 3.17. The van der Waals surface area contributed by atoms with Crippen LogP contribution in [0.3, 0.4) is 0 Å². The zero-order valence-electron chi connectivity index (χ0n) is 11.3. The van der Waals surface area contributed by atoms with Gasteiger partial charge in [-0.25, -0.2) is 9.78 Å². The Balaban J connectivity index is 2.49. The van der Waals surface area contributed by atoms with Crippen LogP contribution < -0.4 is 4.90 Å². The summed E-state index contributed by atoms with van der Waals surface area (Å²) < 4.78 is 0. The maximum absolute atomic E-state index is 11.4. The monoisotopic (exact) mass is 258 g/mol. The number of aromatic carboxylic acids is 1. The zero-order valence-corrected chi connectivity index (χ0v) is 11.3. The second kappa shape index (κ2) is 5.69. The van der Waals surface area contributed by atoms with E-state index in [1.54, 1.807) is 12.1 Å². The Hall–Kier alpha value is -2.10. The summed E-state index contributed by atoms with van der Waals surface area (Å²) in [5, 5.41) is 10.0. The molecule has 1 aromatic carbocycles. The molecule has 0 atom stereocenters. The van der Waals surface area contributed by atoms with Crippen molar-refractivity contribution in [3.05, 3.63) is 35.9 Å². The Labute approximate surface area is 112 Å². The number of rotatable bonds is 5. The largest absolute Gasteiger partial charge is 0.478 e. The predicted molar refractivity (Wildman–Crippen MR) is 76.9 cm³/mol. The van der Waals surface area contributed by atoms with Crippen LogP contribution in [0, 0.1) is 0 Å². The molecule has 2 rings (SSSR count). The Kier molecular flexibility index (Phi) is 4.00. The number of carboxylic acids is 1.